The van der Waals surface area contributed by atoms with E-state index in [0.29, 0.717) is 12.5 Å². The Balaban J connectivity index is 1.97. The molecule has 1 saturated carbocycles. The summed E-state index contributed by atoms with van der Waals surface area (Å²) >= 11 is 0. The summed E-state index contributed by atoms with van der Waals surface area (Å²) in [5, 5.41) is 8.87. The van der Waals surface area contributed by atoms with Gasteiger partial charge in [0.1, 0.15) is 5.75 Å². The molecule has 17 heavy (non-hydrogen) atoms. The molecule has 0 bridgehead atoms. The fraction of sp³-hybridized carbons (Fsp3) is 0.500. The molecule has 1 aliphatic carbocycles. The molecule has 0 radical (unpaired) electrons. The molecule has 3 nitrogen and oxygen atoms in total. The molecule has 1 aliphatic rings. The van der Waals surface area contributed by atoms with Gasteiger partial charge in [-0.05, 0) is 43.4 Å². The monoisotopic (exact) mass is 234 g/mol. The number of hydrogen-bond donors (Lipinski definition) is 1. The highest BCUT2D eigenvalue weighted by atomic mass is 16.5. The molecule has 0 saturated heterocycles. The maximum Gasteiger partial charge on any atom is 0.306 e. The lowest BCUT2D eigenvalue weighted by atomic mass is 9.96. The SMILES string of the molecule is CC(Cc1cccc(OC2CCC2)c1)C(=O)O. The Kier molecular flexibility index (Phi) is 3.67. The molecular formula is C14H18O3. The van der Waals surface area contributed by atoms with Crippen molar-refractivity contribution < 1.29 is 14.6 Å². The lowest BCUT2D eigenvalue weighted by molar-refractivity contribution is -0.141. The molecular weight excluding hydrogens is 216 g/mol. The van der Waals surface area contributed by atoms with Gasteiger partial charge in [-0.15, -0.1) is 0 Å². The average Bonchev–Trinajstić information content (AvgIpc) is 2.24. The molecule has 0 amide bonds. The zero-order valence-corrected chi connectivity index (χ0v) is 10.1. The van der Waals surface area contributed by atoms with Crippen LogP contribution in [0.2, 0.25) is 0 Å². The highest BCUT2D eigenvalue weighted by Crippen LogP contribution is 2.26. The van der Waals surface area contributed by atoms with Crippen molar-refractivity contribution in [3.63, 3.8) is 0 Å². The highest BCUT2D eigenvalue weighted by Gasteiger charge is 2.19. The van der Waals surface area contributed by atoms with Gasteiger partial charge < -0.3 is 9.84 Å². The van der Waals surface area contributed by atoms with Gasteiger partial charge in [0.2, 0.25) is 0 Å². The van der Waals surface area contributed by atoms with Crippen LogP contribution in [0.5, 0.6) is 5.75 Å². The summed E-state index contributed by atoms with van der Waals surface area (Å²) in [6.07, 6.45) is 4.44. The Bertz CT molecular complexity index is 396. The van der Waals surface area contributed by atoms with Crippen LogP contribution in [-0.4, -0.2) is 17.2 Å². The van der Waals surface area contributed by atoms with Crippen molar-refractivity contribution in [2.45, 2.75) is 38.7 Å². The Morgan fingerprint density at radius 1 is 1.53 bits per heavy atom. The smallest absolute Gasteiger partial charge is 0.306 e. The van der Waals surface area contributed by atoms with Gasteiger partial charge in [0, 0.05) is 0 Å². The maximum absolute atomic E-state index is 10.8. The number of hydrogen-bond acceptors (Lipinski definition) is 2. The first-order valence-electron chi connectivity index (χ1n) is 6.13. The van der Waals surface area contributed by atoms with Crippen LogP contribution in [0.15, 0.2) is 24.3 Å². The van der Waals surface area contributed by atoms with Gasteiger partial charge >= 0.3 is 5.97 Å². The van der Waals surface area contributed by atoms with Crippen molar-refractivity contribution in [3.8, 4) is 5.75 Å². The molecule has 0 aliphatic heterocycles. The van der Waals surface area contributed by atoms with E-state index < -0.39 is 5.97 Å². The predicted molar refractivity (Wildman–Crippen MR) is 65.2 cm³/mol. The normalized spacial score (nSPS) is 17.2. The van der Waals surface area contributed by atoms with Gasteiger partial charge in [-0.1, -0.05) is 19.1 Å². The van der Waals surface area contributed by atoms with Gasteiger partial charge in [0.15, 0.2) is 0 Å². The van der Waals surface area contributed by atoms with Crippen molar-refractivity contribution in [1.29, 1.82) is 0 Å². The van der Waals surface area contributed by atoms with Crippen molar-refractivity contribution in [1.82, 2.24) is 0 Å². The zero-order chi connectivity index (χ0) is 12.3. The van der Waals surface area contributed by atoms with E-state index >= 15 is 0 Å². The molecule has 0 heterocycles. The number of ether oxygens (including phenoxy) is 1. The van der Waals surface area contributed by atoms with Crippen LogP contribution in [0.25, 0.3) is 0 Å². The van der Waals surface area contributed by atoms with Gasteiger partial charge in [0.25, 0.3) is 0 Å². The van der Waals surface area contributed by atoms with Crippen LogP contribution in [0.4, 0.5) is 0 Å². The third kappa shape index (κ3) is 3.22. The van der Waals surface area contributed by atoms with Crippen molar-refractivity contribution in [2.75, 3.05) is 0 Å². The second kappa shape index (κ2) is 5.21. The molecule has 1 aromatic carbocycles. The minimum atomic E-state index is -0.754. The number of carbonyl (C=O) groups is 1. The summed E-state index contributed by atoms with van der Waals surface area (Å²) < 4.78 is 5.79. The summed E-state index contributed by atoms with van der Waals surface area (Å²) in [6, 6.07) is 7.77. The molecule has 1 N–H and O–H groups in total. The zero-order valence-electron chi connectivity index (χ0n) is 10.1. The summed E-state index contributed by atoms with van der Waals surface area (Å²) in [5.41, 5.74) is 1.02. The third-order valence-corrected chi connectivity index (χ3v) is 3.22. The fourth-order valence-electron chi connectivity index (χ4n) is 1.87. The second-order valence-corrected chi connectivity index (χ2v) is 4.76. The van der Waals surface area contributed by atoms with Crippen molar-refractivity contribution in [2.24, 2.45) is 5.92 Å². The van der Waals surface area contributed by atoms with E-state index in [2.05, 4.69) is 0 Å². The topological polar surface area (TPSA) is 46.5 Å². The Labute approximate surface area is 101 Å². The minimum Gasteiger partial charge on any atom is -0.490 e. The second-order valence-electron chi connectivity index (χ2n) is 4.76. The van der Waals surface area contributed by atoms with Crippen LogP contribution in [-0.2, 0) is 11.2 Å². The van der Waals surface area contributed by atoms with E-state index in [4.69, 9.17) is 9.84 Å². The van der Waals surface area contributed by atoms with E-state index in [-0.39, 0.29) is 5.92 Å². The quantitative estimate of drug-likeness (QED) is 0.852. The van der Waals surface area contributed by atoms with Crippen LogP contribution in [0, 0.1) is 5.92 Å². The molecule has 2 rings (SSSR count). The minimum absolute atomic E-state index is 0.353. The number of carboxylic acid groups (broad SMARTS) is 1. The van der Waals surface area contributed by atoms with Crippen molar-refractivity contribution in [3.05, 3.63) is 29.8 Å². The molecule has 0 spiro atoms. The molecule has 92 valence electrons. The van der Waals surface area contributed by atoms with Gasteiger partial charge in [-0.2, -0.15) is 0 Å². The molecule has 1 fully saturated rings. The largest absolute Gasteiger partial charge is 0.490 e. The average molecular weight is 234 g/mol. The Morgan fingerprint density at radius 2 is 2.29 bits per heavy atom. The van der Waals surface area contributed by atoms with Crippen LogP contribution in [0.1, 0.15) is 31.7 Å². The lowest BCUT2D eigenvalue weighted by Gasteiger charge is -2.26. The summed E-state index contributed by atoms with van der Waals surface area (Å²) in [7, 11) is 0. The molecule has 1 atom stereocenters. The number of rotatable bonds is 5. The standard InChI is InChI=1S/C14H18O3/c1-10(14(15)16)8-11-4-2-7-13(9-11)17-12-5-3-6-12/h2,4,7,9-10,12H,3,5-6,8H2,1H3,(H,15,16). The van der Waals surface area contributed by atoms with Gasteiger partial charge in [-0.3, -0.25) is 4.79 Å². The predicted octanol–water partition coefficient (Wildman–Crippen LogP) is 2.88. The van der Waals surface area contributed by atoms with E-state index in [1.807, 2.05) is 24.3 Å². The molecule has 1 unspecified atom stereocenters. The van der Waals surface area contributed by atoms with Gasteiger partial charge in [-0.25, -0.2) is 0 Å². The Hall–Kier alpha value is -1.51. The number of benzene rings is 1. The van der Waals surface area contributed by atoms with Crippen LogP contribution >= 0.6 is 0 Å². The first kappa shape index (κ1) is 12.0. The molecule has 3 heteroatoms. The molecule has 0 aromatic heterocycles. The molecule has 1 aromatic rings. The Morgan fingerprint density at radius 3 is 2.88 bits per heavy atom. The van der Waals surface area contributed by atoms with Gasteiger partial charge in [0.05, 0.1) is 12.0 Å². The first-order valence-corrected chi connectivity index (χ1v) is 6.13. The number of aliphatic carboxylic acids is 1. The van der Waals surface area contributed by atoms with E-state index in [1.54, 1.807) is 6.92 Å². The van der Waals surface area contributed by atoms with E-state index in [9.17, 15) is 4.79 Å². The van der Waals surface area contributed by atoms with Crippen LogP contribution in [0.3, 0.4) is 0 Å². The summed E-state index contributed by atoms with van der Waals surface area (Å²) in [5.74, 6) is -0.242. The summed E-state index contributed by atoms with van der Waals surface area (Å²) in [6.45, 7) is 1.72. The van der Waals surface area contributed by atoms with Crippen LogP contribution < -0.4 is 4.74 Å². The first-order chi connectivity index (χ1) is 8.15. The van der Waals surface area contributed by atoms with E-state index in [1.165, 1.54) is 6.42 Å². The highest BCUT2D eigenvalue weighted by molar-refractivity contribution is 5.69. The third-order valence-electron chi connectivity index (χ3n) is 3.22. The summed E-state index contributed by atoms with van der Waals surface area (Å²) in [4.78, 5) is 10.8. The lowest BCUT2D eigenvalue weighted by Crippen LogP contribution is -2.24. The number of carboxylic acids is 1. The fourth-order valence-corrected chi connectivity index (χ4v) is 1.87. The van der Waals surface area contributed by atoms with Crippen molar-refractivity contribution >= 4 is 5.97 Å². The maximum atomic E-state index is 10.8. The van der Waals surface area contributed by atoms with E-state index in [0.717, 1.165) is 24.2 Å².